The van der Waals surface area contributed by atoms with Gasteiger partial charge in [-0.3, -0.25) is 0 Å². The molecular formula is C15H14FN5. The monoisotopic (exact) mass is 283 g/mol. The summed E-state index contributed by atoms with van der Waals surface area (Å²) in [5.74, 6) is -0.0741. The zero-order valence-electron chi connectivity index (χ0n) is 11.5. The Balaban J connectivity index is 2.20. The molecule has 0 unspecified atom stereocenters. The summed E-state index contributed by atoms with van der Waals surface area (Å²) in [5.41, 5.74) is 8.39. The molecule has 21 heavy (non-hydrogen) atoms. The van der Waals surface area contributed by atoms with E-state index in [1.54, 1.807) is 0 Å². The average Bonchev–Trinajstić information content (AvgIpc) is 2.98. The Morgan fingerprint density at radius 2 is 2.00 bits per heavy atom. The van der Waals surface area contributed by atoms with E-state index in [1.807, 2.05) is 31.2 Å². The maximum atomic E-state index is 14.0. The Labute approximate surface area is 121 Å². The molecule has 106 valence electrons. The Morgan fingerprint density at radius 1 is 1.19 bits per heavy atom. The van der Waals surface area contributed by atoms with Gasteiger partial charge in [0.05, 0.1) is 11.3 Å². The predicted octanol–water partition coefficient (Wildman–Crippen LogP) is 2.61. The van der Waals surface area contributed by atoms with Crippen LogP contribution in [0, 0.1) is 5.82 Å². The van der Waals surface area contributed by atoms with E-state index in [4.69, 9.17) is 5.73 Å². The van der Waals surface area contributed by atoms with Crippen molar-refractivity contribution >= 4 is 5.69 Å². The van der Waals surface area contributed by atoms with E-state index in [2.05, 4.69) is 15.5 Å². The fourth-order valence-corrected chi connectivity index (χ4v) is 2.25. The molecule has 1 aromatic heterocycles. The summed E-state index contributed by atoms with van der Waals surface area (Å²) in [4.78, 5) is 0. The summed E-state index contributed by atoms with van der Waals surface area (Å²) in [6, 6.07) is 12.1. The van der Waals surface area contributed by atoms with E-state index in [9.17, 15) is 4.39 Å². The number of benzene rings is 2. The van der Waals surface area contributed by atoms with Crippen molar-refractivity contribution in [2.24, 2.45) is 0 Å². The van der Waals surface area contributed by atoms with E-state index in [-0.39, 0.29) is 5.56 Å². The number of aromatic nitrogens is 4. The van der Waals surface area contributed by atoms with Crippen molar-refractivity contribution in [3.63, 3.8) is 0 Å². The van der Waals surface area contributed by atoms with Crippen LogP contribution in [0.5, 0.6) is 0 Å². The average molecular weight is 283 g/mol. The molecule has 0 aliphatic rings. The van der Waals surface area contributed by atoms with Gasteiger partial charge in [-0.15, -0.1) is 5.10 Å². The smallest absolute Gasteiger partial charge is 0.190 e. The van der Waals surface area contributed by atoms with Crippen LogP contribution >= 0.6 is 0 Å². The third-order valence-electron chi connectivity index (χ3n) is 3.30. The topological polar surface area (TPSA) is 69.6 Å². The molecule has 0 spiro atoms. The molecule has 0 aliphatic carbocycles. The first kappa shape index (κ1) is 13.2. The molecule has 3 rings (SSSR count). The number of hydrogen-bond acceptors (Lipinski definition) is 4. The molecule has 0 saturated heterocycles. The van der Waals surface area contributed by atoms with Crippen molar-refractivity contribution in [2.45, 2.75) is 13.3 Å². The number of nitrogens with zero attached hydrogens (tertiary/aromatic N) is 4. The highest BCUT2D eigenvalue weighted by molar-refractivity contribution is 5.63. The fourth-order valence-electron chi connectivity index (χ4n) is 2.25. The highest BCUT2D eigenvalue weighted by atomic mass is 19.1. The van der Waals surface area contributed by atoms with Crippen LogP contribution in [0.1, 0.15) is 12.5 Å². The van der Waals surface area contributed by atoms with Gasteiger partial charge in [0, 0.05) is 5.69 Å². The number of hydrogen-bond donors (Lipinski definition) is 1. The third kappa shape index (κ3) is 2.35. The fraction of sp³-hybridized carbons (Fsp3) is 0.133. The molecular weight excluding hydrogens is 269 g/mol. The summed E-state index contributed by atoms with van der Waals surface area (Å²) in [6.07, 6.45) is 0.828. The first-order chi connectivity index (χ1) is 10.2. The number of aryl methyl sites for hydroxylation is 1. The lowest BCUT2D eigenvalue weighted by atomic mass is 10.1. The zero-order valence-corrected chi connectivity index (χ0v) is 11.5. The number of para-hydroxylation sites is 1. The highest BCUT2D eigenvalue weighted by Crippen LogP contribution is 2.25. The maximum Gasteiger partial charge on any atom is 0.190 e. The van der Waals surface area contributed by atoms with Crippen LogP contribution in [0.15, 0.2) is 42.5 Å². The second-order valence-electron chi connectivity index (χ2n) is 4.64. The number of anilines is 1. The number of nitrogens with two attached hydrogens (primary N) is 1. The van der Waals surface area contributed by atoms with Gasteiger partial charge in [-0.25, -0.2) is 4.39 Å². The van der Waals surface area contributed by atoms with Crippen molar-refractivity contribution in [1.82, 2.24) is 20.2 Å². The molecule has 0 amide bonds. The number of rotatable bonds is 3. The Hall–Kier alpha value is -2.76. The number of halogens is 1. The van der Waals surface area contributed by atoms with Crippen molar-refractivity contribution in [3.8, 4) is 17.1 Å². The lowest BCUT2D eigenvalue weighted by Gasteiger charge is -2.10. The molecule has 3 aromatic rings. The van der Waals surface area contributed by atoms with Crippen LogP contribution in [0.2, 0.25) is 0 Å². The number of nitrogen functional groups attached to an aromatic ring is 1. The van der Waals surface area contributed by atoms with Gasteiger partial charge in [-0.2, -0.15) is 4.68 Å². The van der Waals surface area contributed by atoms with Gasteiger partial charge in [0.25, 0.3) is 0 Å². The van der Waals surface area contributed by atoms with E-state index >= 15 is 0 Å². The minimum Gasteiger partial charge on any atom is -0.399 e. The molecule has 5 nitrogen and oxygen atoms in total. The minimum atomic E-state index is -0.408. The first-order valence-electron chi connectivity index (χ1n) is 6.62. The second-order valence-corrected chi connectivity index (χ2v) is 4.64. The molecule has 0 atom stereocenters. The maximum absolute atomic E-state index is 14.0. The molecule has 1 heterocycles. The SMILES string of the molecule is CCc1ccccc1-n1nnnc1-c1cc(N)ccc1F. The molecule has 0 aliphatic heterocycles. The molecule has 2 aromatic carbocycles. The first-order valence-corrected chi connectivity index (χ1v) is 6.62. The van der Waals surface area contributed by atoms with Crippen LogP contribution in [0.4, 0.5) is 10.1 Å². The third-order valence-corrected chi connectivity index (χ3v) is 3.30. The van der Waals surface area contributed by atoms with E-state index in [0.29, 0.717) is 11.5 Å². The van der Waals surface area contributed by atoms with Crippen LogP contribution in [-0.4, -0.2) is 20.2 Å². The van der Waals surface area contributed by atoms with Crippen molar-refractivity contribution in [2.75, 3.05) is 5.73 Å². The predicted molar refractivity (Wildman–Crippen MR) is 78.3 cm³/mol. The summed E-state index contributed by atoms with van der Waals surface area (Å²) in [5, 5.41) is 11.6. The molecule has 0 radical (unpaired) electrons. The van der Waals surface area contributed by atoms with Gasteiger partial charge < -0.3 is 5.73 Å². The van der Waals surface area contributed by atoms with Crippen LogP contribution in [0.3, 0.4) is 0 Å². The van der Waals surface area contributed by atoms with E-state index < -0.39 is 5.82 Å². The van der Waals surface area contributed by atoms with Crippen molar-refractivity contribution in [3.05, 3.63) is 53.8 Å². The molecule has 0 saturated carbocycles. The highest BCUT2D eigenvalue weighted by Gasteiger charge is 2.16. The van der Waals surface area contributed by atoms with Gasteiger partial charge in [0.15, 0.2) is 5.82 Å². The Kier molecular flexibility index (Phi) is 3.35. The molecule has 6 heteroatoms. The molecule has 2 N–H and O–H groups in total. The second kappa shape index (κ2) is 5.32. The van der Waals surface area contributed by atoms with Crippen LogP contribution in [-0.2, 0) is 6.42 Å². The van der Waals surface area contributed by atoms with Gasteiger partial charge in [-0.05, 0) is 46.7 Å². The van der Waals surface area contributed by atoms with Crippen LogP contribution in [0.25, 0.3) is 17.1 Å². The number of tetrazole rings is 1. The standard InChI is InChI=1S/C15H14FN5/c1-2-10-5-3-4-6-14(10)21-15(18-19-20-21)12-9-11(17)7-8-13(12)16/h3-9H,2,17H2,1H3. The van der Waals surface area contributed by atoms with Crippen LogP contribution < -0.4 is 5.73 Å². The molecule has 0 fully saturated rings. The minimum absolute atomic E-state index is 0.283. The molecule has 0 bridgehead atoms. The van der Waals surface area contributed by atoms with Crippen molar-refractivity contribution < 1.29 is 4.39 Å². The normalized spacial score (nSPS) is 10.8. The Morgan fingerprint density at radius 3 is 2.81 bits per heavy atom. The summed E-state index contributed by atoms with van der Waals surface area (Å²) < 4.78 is 15.6. The summed E-state index contributed by atoms with van der Waals surface area (Å²) in [7, 11) is 0. The van der Waals surface area contributed by atoms with E-state index in [0.717, 1.165) is 17.7 Å². The van der Waals surface area contributed by atoms with Gasteiger partial charge >= 0.3 is 0 Å². The lowest BCUT2D eigenvalue weighted by Crippen LogP contribution is -2.04. The summed E-state index contributed by atoms with van der Waals surface area (Å²) in [6.45, 7) is 2.05. The zero-order chi connectivity index (χ0) is 14.8. The van der Waals surface area contributed by atoms with Gasteiger partial charge in [0.2, 0.25) is 0 Å². The largest absolute Gasteiger partial charge is 0.399 e. The lowest BCUT2D eigenvalue weighted by molar-refractivity contribution is 0.629. The van der Waals surface area contributed by atoms with Crippen molar-refractivity contribution in [1.29, 1.82) is 0 Å². The van der Waals surface area contributed by atoms with Gasteiger partial charge in [0.1, 0.15) is 5.82 Å². The van der Waals surface area contributed by atoms with Gasteiger partial charge in [-0.1, -0.05) is 25.1 Å². The quantitative estimate of drug-likeness (QED) is 0.750. The Bertz CT molecular complexity index is 781. The van der Waals surface area contributed by atoms with E-state index in [1.165, 1.54) is 22.9 Å². The summed E-state index contributed by atoms with van der Waals surface area (Å²) >= 11 is 0.